The quantitative estimate of drug-likeness (QED) is 0.278. The maximum Gasteiger partial charge on any atom is 0.322 e. The minimum Gasteiger partial charge on any atom is -0.385 e. The first-order chi connectivity index (χ1) is 17.8. The predicted molar refractivity (Wildman–Crippen MR) is 149 cm³/mol. The van der Waals surface area contributed by atoms with E-state index in [4.69, 9.17) is 21.3 Å². The molecule has 1 unspecified atom stereocenters. The van der Waals surface area contributed by atoms with Crippen LogP contribution in [-0.4, -0.2) is 40.7 Å². The second-order valence-electron chi connectivity index (χ2n) is 9.07. The third-order valence-electron chi connectivity index (χ3n) is 6.32. The molecule has 1 aromatic heterocycles. The number of hydrogen-bond acceptors (Lipinski definition) is 4. The Kier molecular flexibility index (Phi) is 8.26. The molecular weight excluding hydrogens is 488 g/mol. The number of para-hydroxylation sites is 1. The molecule has 0 bridgehead atoms. The van der Waals surface area contributed by atoms with Gasteiger partial charge in [-0.15, -0.1) is 0 Å². The van der Waals surface area contributed by atoms with Crippen molar-refractivity contribution in [2.45, 2.75) is 33.2 Å². The molecule has 0 radical (unpaired) electrons. The van der Waals surface area contributed by atoms with Crippen LogP contribution < -0.4 is 10.9 Å². The first-order valence-electron chi connectivity index (χ1n) is 12.2. The molecule has 7 nitrogen and oxygen atoms in total. The Balaban J connectivity index is 1.84. The molecule has 4 rings (SSSR count). The summed E-state index contributed by atoms with van der Waals surface area (Å²) in [5.74, 6) is 0.481. The third-order valence-corrected chi connectivity index (χ3v) is 6.56. The van der Waals surface area contributed by atoms with E-state index in [2.05, 4.69) is 5.32 Å². The highest BCUT2D eigenvalue weighted by Crippen LogP contribution is 2.26. The van der Waals surface area contributed by atoms with Crippen molar-refractivity contribution in [2.75, 3.05) is 25.6 Å². The first kappa shape index (κ1) is 26.4. The van der Waals surface area contributed by atoms with E-state index >= 15 is 0 Å². The van der Waals surface area contributed by atoms with Crippen molar-refractivity contribution >= 4 is 34.2 Å². The Morgan fingerprint density at radius 3 is 2.62 bits per heavy atom. The van der Waals surface area contributed by atoms with Crippen LogP contribution in [0, 0.1) is 13.8 Å². The number of amides is 2. The van der Waals surface area contributed by atoms with Gasteiger partial charge in [-0.3, -0.25) is 9.36 Å². The van der Waals surface area contributed by atoms with Crippen molar-refractivity contribution < 1.29 is 9.53 Å². The molecule has 8 heteroatoms. The molecule has 0 spiro atoms. The fraction of sp³-hybridized carbons (Fsp3) is 0.276. The molecule has 0 saturated heterocycles. The maximum atomic E-state index is 13.8. The van der Waals surface area contributed by atoms with E-state index in [1.165, 1.54) is 0 Å². The summed E-state index contributed by atoms with van der Waals surface area (Å²) in [6.45, 7) is 6.76. The van der Waals surface area contributed by atoms with Crippen molar-refractivity contribution in [1.82, 2.24) is 14.5 Å². The number of methoxy groups -OCH3 is 1. The number of ether oxygens (including phenoxy) is 1. The number of benzene rings is 3. The number of hydrogen-bond donors (Lipinski definition) is 1. The molecular formula is C29H31ClN4O3. The first-order valence-corrected chi connectivity index (χ1v) is 12.6. The zero-order chi connectivity index (χ0) is 26.5. The molecule has 0 aliphatic heterocycles. The van der Waals surface area contributed by atoms with Crippen LogP contribution in [-0.2, 0) is 4.74 Å². The molecule has 192 valence electrons. The van der Waals surface area contributed by atoms with Gasteiger partial charge in [0.15, 0.2) is 0 Å². The monoisotopic (exact) mass is 518 g/mol. The molecule has 1 heterocycles. The molecule has 1 atom stereocenters. The van der Waals surface area contributed by atoms with Crippen LogP contribution in [0.3, 0.4) is 0 Å². The number of anilines is 1. The number of fused-ring (bicyclic) bond motifs is 1. The summed E-state index contributed by atoms with van der Waals surface area (Å²) < 4.78 is 6.88. The number of rotatable bonds is 8. The number of carbonyl (C=O) groups is 1. The maximum absolute atomic E-state index is 13.8. The van der Waals surface area contributed by atoms with E-state index in [9.17, 15) is 9.59 Å². The standard InChI is InChI=1S/C29H31ClN4O3/c1-19-13-14-26(20(2)17-19)34-27(32-25-12-6-5-11-24(25)28(34)35)21(3)33(15-8-16-37-4)29(36)31-23-10-7-9-22(30)18-23/h5-7,9-14,17-18,21H,8,15-16H2,1-4H3,(H,31,36). The second-order valence-corrected chi connectivity index (χ2v) is 9.51. The van der Waals surface area contributed by atoms with Gasteiger partial charge in [0, 0.05) is 31.0 Å². The molecule has 37 heavy (non-hydrogen) atoms. The summed E-state index contributed by atoms with van der Waals surface area (Å²) in [5, 5.41) is 3.98. The summed E-state index contributed by atoms with van der Waals surface area (Å²) in [6.07, 6.45) is 0.616. The second kappa shape index (κ2) is 11.6. The number of halogens is 1. The molecule has 0 aliphatic carbocycles. The topological polar surface area (TPSA) is 76.5 Å². The molecule has 0 saturated carbocycles. The number of nitrogens with one attached hydrogen (secondary N) is 1. The van der Waals surface area contributed by atoms with Crippen LogP contribution in [0.1, 0.15) is 36.3 Å². The zero-order valence-electron chi connectivity index (χ0n) is 21.5. The molecule has 1 N–H and O–H groups in total. The van der Waals surface area contributed by atoms with Gasteiger partial charge in [0.25, 0.3) is 5.56 Å². The number of aromatic nitrogens is 2. The largest absolute Gasteiger partial charge is 0.385 e. The normalized spacial score (nSPS) is 11.9. The van der Waals surface area contributed by atoms with Crippen LogP contribution >= 0.6 is 11.6 Å². The van der Waals surface area contributed by atoms with Crippen molar-refractivity contribution in [2.24, 2.45) is 0 Å². The van der Waals surface area contributed by atoms with E-state index in [1.54, 1.807) is 46.9 Å². The van der Waals surface area contributed by atoms with Gasteiger partial charge in [0.1, 0.15) is 5.82 Å². The fourth-order valence-corrected chi connectivity index (χ4v) is 4.66. The van der Waals surface area contributed by atoms with Crippen LogP contribution in [0.25, 0.3) is 16.6 Å². The number of carbonyl (C=O) groups excluding carboxylic acids is 1. The van der Waals surface area contributed by atoms with E-state index in [0.29, 0.717) is 47.0 Å². The van der Waals surface area contributed by atoms with Gasteiger partial charge >= 0.3 is 6.03 Å². The predicted octanol–water partition coefficient (Wildman–Crippen LogP) is 6.29. The molecule has 0 fully saturated rings. The van der Waals surface area contributed by atoms with Gasteiger partial charge in [0.05, 0.1) is 22.6 Å². The average Bonchev–Trinajstić information content (AvgIpc) is 2.87. The lowest BCUT2D eigenvalue weighted by molar-refractivity contribution is 0.159. The van der Waals surface area contributed by atoms with Crippen molar-refractivity contribution in [3.05, 3.63) is 99.1 Å². The van der Waals surface area contributed by atoms with E-state index in [0.717, 1.165) is 16.8 Å². The number of urea groups is 1. The lowest BCUT2D eigenvalue weighted by atomic mass is 10.1. The molecule has 3 aromatic carbocycles. The minimum atomic E-state index is -0.533. The van der Waals surface area contributed by atoms with E-state index in [-0.39, 0.29) is 11.6 Å². The summed E-state index contributed by atoms with van der Waals surface area (Å²) in [5.41, 5.74) is 3.78. The Bertz CT molecular complexity index is 1480. The van der Waals surface area contributed by atoms with Gasteiger partial charge < -0.3 is 15.0 Å². The van der Waals surface area contributed by atoms with Crippen LogP contribution in [0.2, 0.25) is 5.02 Å². The summed E-state index contributed by atoms with van der Waals surface area (Å²) in [7, 11) is 1.63. The fourth-order valence-electron chi connectivity index (χ4n) is 4.47. The van der Waals surface area contributed by atoms with Crippen molar-refractivity contribution in [3.63, 3.8) is 0 Å². The third kappa shape index (κ3) is 5.84. The lowest BCUT2D eigenvalue weighted by Gasteiger charge is -2.31. The van der Waals surface area contributed by atoms with E-state index < -0.39 is 6.04 Å². The Morgan fingerprint density at radius 2 is 1.89 bits per heavy atom. The highest BCUT2D eigenvalue weighted by atomic mass is 35.5. The van der Waals surface area contributed by atoms with Crippen molar-refractivity contribution in [3.8, 4) is 5.69 Å². The van der Waals surface area contributed by atoms with Crippen LogP contribution in [0.4, 0.5) is 10.5 Å². The van der Waals surface area contributed by atoms with Gasteiger partial charge in [-0.2, -0.15) is 0 Å². The highest BCUT2D eigenvalue weighted by Gasteiger charge is 2.27. The van der Waals surface area contributed by atoms with E-state index in [1.807, 2.05) is 57.2 Å². The Hall–Kier alpha value is -3.68. The van der Waals surface area contributed by atoms with Crippen molar-refractivity contribution in [1.29, 1.82) is 0 Å². The molecule has 2 amide bonds. The molecule has 4 aromatic rings. The summed E-state index contributed by atoms with van der Waals surface area (Å²) >= 11 is 6.13. The number of aryl methyl sites for hydroxylation is 2. The zero-order valence-corrected chi connectivity index (χ0v) is 22.2. The lowest BCUT2D eigenvalue weighted by Crippen LogP contribution is -2.40. The summed E-state index contributed by atoms with van der Waals surface area (Å²) in [4.78, 5) is 34.0. The van der Waals surface area contributed by atoms with Crippen LogP contribution in [0.15, 0.2) is 71.5 Å². The highest BCUT2D eigenvalue weighted by molar-refractivity contribution is 6.30. The molecule has 0 aliphatic rings. The minimum absolute atomic E-state index is 0.175. The SMILES string of the molecule is COCCCN(C(=O)Nc1cccc(Cl)c1)C(C)c1nc2ccccc2c(=O)n1-c1ccc(C)cc1C. The van der Waals surface area contributed by atoms with Gasteiger partial charge in [-0.05, 0) is 69.2 Å². The Morgan fingerprint density at radius 1 is 1.11 bits per heavy atom. The van der Waals surface area contributed by atoms with Gasteiger partial charge in [0.2, 0.25) is 0 Å². The van der Waals surface area contributed by atoms with Crippen LogP contribution in [0.5, 0.6) is 0 Å². The summed E-state index contributed by atoms with van der Waals surface area (Å²) in [6, 6.07) is 19.4. The van der Waals surface area contributed by atoms with Gasteiger partial charge in [-0.1, -0.05) is 47.5 Å². The average molecular weight is 519 g/mol. The Labute approximate surface area is 221 Å². The number of nitrogens with zero attached hydrogens (tertiary/aromatic N) is 3. The van der Waals surface area contributed by atoms with Gasteiger partial charge in [-0.25, -0.2) is 9.78 Å². The smallest absolute Gasteiger partial charge is 0.322 e.